The Labute approximate surface area is 152 Å². The fraction of sp³-hybridized carbons (Fsp3) is 1.00. The predicted octanol–water partition coefficient (Wildman–Crippen LogP) is 9.09. The van der Waals surface area contributed by atoms with Crippen LogP contribution in [0.1, 0.15) is 117 Å². The minimum absolute atomic E-state index is 0.500. The molecule has 0 aromatic carbocycles. The molecule has 0 bridgehead atoms. The van der Waals surface area contributed by atoms with Gasteiger partial charge in [-0.15, -0.1) is 0 Å². The molecule has 0 aromatic heterocycles. The minimum atomic E-state index is 0.500. The van der Waals surface area contributed by atoms with E-state index in [1.807, 2.05) is 0 Å². The monoisotopic (exact) mass is 330 g/mol. The summed E-state index contributed by atoms with van der Waals surface area (Å²) in [4.78, 5) is 0. The fourth-order valence-corrected chi connectivity index (χ4v) is 0.770. The third-order valence-corrected chi connectivity index (χ3v) is 3.16. The van der Waals surface area contributed by atoms with Crippen molar-refractivity contribution in [3.8, 4) is 0 Å². The SMILES string of the molecule is CC(C)(C)C.CC(C)C.CC(C)C(C)C(C)C.CCC(C)(C)C. The molecule has 0 radical (unpaired) electrons. The van der Waals surface area contributed by atoms with E-state index >= 15 is 0 Å². The minimum Gasteiger partial charge on any atom is -0.0649 e. The molecule has 0 N–H and O–H groups in total. The van der Waals surface area contributed by atoms with Crippen molar-refractivity contribution in [3.63, 3.8) is 0 Å². The highest BCUT2D eigenvalue weighted by Gasteiger charge is 2.09. The van der Waals surface area contributed by atoms with Gasteiger partial charge in [0, 0.05) is 0 Å². The summed E-state index contributed by atoms with van der Waals surface area (Å²) in [6, 6.07) is 0. The molecule has 0 saturated carbocycles. The second-order valence-electron chi connectivity index (χ2n) is 11.0. The number of hydrogen-bond donors (Lipinski definition) is 0. The van der Waals surface area contributed by atoms with E-state index in [-0.39, 0.29) is 0 Å². The van der Waals surface area contributed by atoms with E-state index in [2.05, 4.69) is 111 Å². The maximum Gasteiger partial charge on any atom is -0.0385 e. The molecule has 0 nitrogen and oxygen atoms in total. The summed E-state index contributed by atoms with van der Waals surface area (Å²) in [7, 11) is 0. The predicted molar refractivity (Wildman–Crippen MR) is 114 cm³/mol. The highest BCUT2D eigenvalue weighted by molar-refractivity contribution is 4.59. The van der Waals surface area contributed by atoms with E-state index in [4.69, 9.17) is 0 Å². The lowest BCUT2D eigenvalue weighted by atomic mass is 9.88. The van der Waals surface area contributed by atoms with Crippen molar-refractivity contribution in [2.24, 2.45) is 34.5 Å². The second kappa shape index (κ2) is 15.5. The Morgan fingerprint density at radius 2 is 0.696 bits per heavy atom. The molecule has 0 saturated heterocycles. The zero-order valence-electron chi connectivity index (χ0n) is 20.0. The molecule has 0 aromatic rings. The van der Waals surface area contributed by atoms with E-state index in [0.717, 1.165) is 23.7 Å². The zero-order chi connectivity index (χ0) is 20.0. The quantitative estimate of drug-likeness (QED) is 0.473. The van der Waals surface area contributed by atoms with Crippen LogP contribution in [0.15, 0.2) is 0 Å². The molecular formula is C23H54. The average Bonchev–Trinajstić information content (AvgIpc) is 2.24. The van der Waals surface area contributed by atoms with Crippen LogP contribution in [0, 0.1) is 34.5 Å². The smallest absolute Gasteiger partial charge is 0.0385 e. The summed E-state index contributed by atoms with van der Waals surface area (Å²) >= 11 is 0. The van der Waals surface area contributed by atoms with E-state index in [1.54, 1.807) is 0 Å². The van der Waals surface area contributed by atoms with Crippen molar-refractivity contribution >= 4 is 0 Å². The summed E-state index contributed by atoms with van der Waals surface area (Å²) in [5, 5.41) is 0. The molecule has 0 fully saturated rings. The van der Waals surface area contributed by atoms with E-state index < -0.39 is 0 Å². The van der Waals surface area contributed by atoms with Crippen LogP contribution in [0.5, 0.6) is 0 Å². The summed E-state index contributed by atoms with van der Waals surface area (Å²) < 4.78 is 0. The first kappa shape index (κ1) is 30.8. The van der Waals surface area contributed by atoms with E-state index in [1.165, 1.54) is 6.42 Å². The summed E-state index contributed by atoms with van der Waals surface area (Å²) in [6.45, 7) is 35.6. The molecular weight excluding hydrogens is 276 g/mol. The van der Waals surface area contributed by atoms with Gasteiger partial charge in [-0.3, -0.25) is 0 Å². The molecule has 0 aliphatic heterocycles. The van der Waals surface area contributed by atoms with Gasteiger partial charge in [0.25, 0.3) is 0 Å². The summed E-state index contributed by atoms with van der Waals surface area (Å²) in [5.74, 6) is 3.39. The van der Waals surface area contributed by atoms with Gasteiger partial charge in [0.15, 0.2) is 0 Å². The van der Waals surface area contributed by atoms with Gasteiger partial charge in [0.1, 0.15) is 0 Å². The van der Waals surface area contributed by atoms with Gasteiger partial charge in [0.05, 0.1) is 0 Å². The van der Waals surface area contributed by atoms with Crippen molar-refractivity contribution < 1.29 is 0 Å². The third-order valence-electron chi connectivity index (χ3n) is 3.16. The molecule has 0 aliphatic rings. The number of hydrogen-bond acceptors (Lipinski definition) is 0. The Morgan fingerprint density at radius 1 is 0.565 bits per heavy atom. The van der Waals surface area contributed by atoms with E-state index in [9.17, 15) is 0 Å². The highest BCUT2D eigenvalue weighted by Crippen LogP contribution is 2.18. The van der Waals surface area contributed by atoms with Crippen LogP contribution in [0.2, 0.25) is 0 Å². The molecule has 0 heteroatoms. The third kappa shape index (κ3) is 72.7. The molecule has 0 heterocycles. The first-order valence-electron chi connectivity index (χ1n) is 9.85. The first-order chi connectivity index (χ1) is 9.85. The molecule has 23 heavy (non-hydrogen) atoms. The fourth-order valence-electron chi connectivity index (χ4n) is 0.770. The van der Waals surface area contributed by atoms with Crippen LogP contribution in [0.4, 0.5) is 0 Å². The highest BCUT2D eigenvalue weighted by atomic mass is 14.2. The molecule has 0 atom stereocenters. The zero-order valence-corrected chi connectivity index (χ0v) is 20.0. The van der Waals surface area contributed by atoms with Crippen LogP contribution >= 0.6 is 0 Å². The Kier molecular flexibility index (Phi) is 20.8. The normalized spacial score (nSPS) is 11.5. The van der Waals surface area contributed by atoms with Gasteiger partial charge in [-0.2, -0.15) is 0 Å². The lowest BCUT2D eigenvalue weighted by Gasteiger charge is -2.18. The van der Waals surface area contributed by atoms with Crippen molar-refractivity contribution in [2.45, 2.75) is 117 Å². The van der Waals surface area contributed by atoms with Crippen LogP contribution in [0.25, 0.3) is 0 Å². The summed E-state index contributed by atoms with van der Waals surface area (Å²) in [5.41, 5.74) is 1.04. The Morgan fingerprint density at radius 3 is 0.696 bits per heavy atom. The van der Waals surface area contributed by atoms with Crippen LogP contribution < -0.4 is 0 Å². The van der Waals surface area contributed by atoms with Crippen molar-refractivity contribution in [1.29, 1.82) is 0 Å². The summed E-state index contributed by atoms with van der Waals surface area (Å²) in [6.07, 6.45) is 1.27. The number of rotatable bonds is 2. The molecule has 0 amide bonds. The van der Waals surface area contributed by atoms with Gasteiger partial charge in [0.2, 0.25) is 0 Å². The largest absolute Gasteiger partial charge is 0.0649 e. The van der Waals surface area contributed by atoms with Gasteiger partial charge in [-0.05, 0) is 34.5 Å². The van der Waals surface area contributed by atoms with Crippen molar-refractivity contribution in [1.82, 2.24) is 0 Å². The standard InChI is InChI=1S/C8H18.C6H14.C5H12.C4H10/c1-6(2)8(5)7(3)4;1-5-6(2,3)4;1-5(2,3)4;1-4(2)3/h6-8H,1-5H3;5H2,1-4H3;1-4H3;4H,1-3H3. The van der Waals surface area contributed by atoms with Crippen LogP contribution in [-0.4, -0.2) is 0 Å². The van der Waals surface area contributed by atoms with Crippen LogP contribution in [0.3, 0.4) is 0 Å². The molecule has 146 valence electrons. The molecule has 0 aliphatic carbocycles. The van der Waals surface area contributed by atoms with Gasteiger partial charge in [-0.1, -0.05) is 117 Å². The topological polar surface area (TPSA) is 0 Å². The van der Waals surface area contributed by atoms with Crippen molar-refractivity contribution in [3.05, 3.63) is 0 Å². The lowest BCUT2D eigenvalue weighted by Crippen LogP contribution is -2.10. The van der Waals surface area contributed by atoms with Crippen LogP contribution in [-0.2, 0) is 0 Å². The van der Waals surface area contributed by atoms with Gasteiger partial charge < -0.3 is 0 Å². The van der Waals surface area contributed by atoms with Gasteiger partial charge in [-0.25, -0.2) is 0 Å². The first-order valence-corrected chi connectivity index (χ1v) is 9.85. The molecule has 0 rings (SSSR count). The average molecular weight is 331 g/mol. The van der Waals surface area contributed by atoms with Crippen molar-refractivity contribution in [2.75, 3.05) is 0 Å². The Balaban J connectivity index is -0.000000108. The lowest BCUT2D eigenvalue weighted by molar-refractivity contribution is 0.316. The Hall–Kier alpha value is 0. The van der Waals surface area contributed by atoms with E-state index in [0.29, 0.717) is 10.8 Å². The Bertz CT molecular complexity index is 190. The molecule has 0 unspecified atom stereocenters. The maximum absolute atomic E-state index is 2.31. The second-order valence-corrected chi connectivity index (χ2v) is 11.0. The van der Waals surface area contributed by atoms with Gasteiger partial charge >= 0.3 is 0 Å². The molecule has 0 spiro atoms. The maximum atomic E-state index is 2.31.